The molecule has 206 valence electrons. The molecular formula is C28H27N5O7. The van der Waals surface area contributed by atoms with Crippen molar-refractivity contribution in [2.75, 3.05) is 18.5 Å². The number of aliphatic carboxylic acids is 1. The number of carboxylic acids is 1. The summed E-state index contributed by atoms with van der Waals surface area (Å²) in [6.07, 6.45) is 1.19. The Morgan fingerprint density at radius 3 is 2.60 bits per heavy atom. The second kappa shape index (κ2) is 12.1. The quantitative estimate of drug-likeness (QED) is 0.143. The van der Waals surface area contributed by atoms with Gasteiger partial charge in [0.2, 0.25) is 0 Å². The van der Waals surface area contributed by atoms with E-state index in [0.717, 1.165) is 11.1 Å². The SMILES string of the molecule is CCOC(=O)CNc1c(-c2cccc(C)c2)nc2c(C(=O)NC(CC(=O)O)c3cccc([N+](=O)[O-])c3)cccn12. The lowest BCUT2D eigenvalue weighted by atomic mass is 10.0. The minimum Gasteiger partial charge on any atom is -0.481 e. The number of hydrogen-bond acceptors (Lipinski definition) is 8. The van der Waals surface area contributed by atoms with Gasteiger partial charge in [0, 0.05) is 23.9 Å². The highest BCUT2D eigenvalue weighted by atomic mass is 16.6. The van der Waals surface area contributed by atoms with Crippen molar-refractivity contribution < 1.29 is 29.2 Å². The Balaban J connectivity index is 1.76. The van der Waals surface area contributed by atoms with E-state index >= 15 is 0 Å². The number of carboxylic acid groups (broad SMARTS) is 1. The number of hydrogen-bond donors (Lipinski definition) is 3. The van der Waals surface area contributed by atoms with E-state index < -0.39 is 35.2 Å². The van der Waals surface area contributed by atoms with E-state index in [9.17, 15) is 29.6 Å². The Morgan fingerprint density at radius 2 is 1.90 bits per heavy atom. The number of pyridine rings is 1. The topological polar surface area (TPSA) is 165 Å². The van der Waals surface area contributed by atoms with Crippen LogP contribution in [0.1, 0.15) is 40.9 Å². The number of esters is 1. The van der Waals surface area contributed by atoms with E-state index in [4.69, 9.17) is 9.72 Å². The Morgan fingerprint density at radius 1 is 1.12 bits per heavy atom. The summed E-state index contributed by atoms with van der Waals surface area (Å²) in [5.74, 6) is -1.82. The number of anilines is 1. The fraction of sp³-hybridized carbons (Fsp3) is 0.214. The fourth-order valence-electron chi connectivity index (χ4n) is 4.29. The van der Waals surface area contributed by atoms with Crippen molar-refractivity contribution in [1.29, 1.82) is 0 Å². The monoisotopic (exact) mass is 545 g/mol. The van der Waals surface area contributed by atoms with E-state index in [-0.39, 0.29) is 35.6 Å². The number of aromatic nitrogens is 2. The van der Waals surface area contributed by atoms with Crippen LogP contribution in [0.15, 0.2) is 66.9 Å². The summed E-state index contributed by atoms with van der Waals surface area (Å²) in [5.41, 5.74) is 2.68. The molecule has 1 unspecified atom stereocenters. The molecule has 2 heterocycles. The lowest BCUT2D eigenvalue weighted by Crippen LogP contribution is -2.30. The number of benzene rings is 2. The fourth-order valence-corrected chi connectivity index (χ4v) is 4.29. The average Bonchev–Trinajstić information content (AvgIpc) is 3.30. The smallest absolute Gasteiger partial charge is 0.325 e. The van der Waals surface area contributed by atoms with Crippen LogP contribution in [0.25, 0.3) is 16.9 Å². The summed E-state index contributed by atoms with van der Waals surface area (Å²) >= 11 is 0. The molecule has 3 N–H and O–H groups in total. The lowest BCUT2D eigenvalue weighted by Gasteiger charge is -2.17. The first-order valence-electron chi connectivity index (χ1n) is 12.4. The first-order valence-corrected chi connectivity index (χ1v) is 12.4. The highest BCUT2D eigenvalue weighted by Crippen LogP contribution is 2.31. The van der Waals surface area contributed by atoms with Crippen LogP contribution in [-0.4, -0.2) is 50.4 Å². The van der Waals surface area contributed by atoms with Gasteiger partial charge < -0.3 is 20.5 Å². The number of imidazole rings is 1. The Labute approximate surface area is 228 Å². The molecule has 1 amide bonds. The number of carbonyl (C=O) groups excluding carboxylic acids is 2. The first kappa shape index (κ1) is 27.8. The molecular weight excluding hydrogens is 518 g/mol. The van der Waals surface area contributed by atoms with Gasteiger partial charge >= 0.3 is 11.9 Å². The van der Waals surface area contributed by atoms with Crippen LogP contribution in [0.5, 0.6) is 0 Å². The van der Waals surface area contributed by atoms with Crippen molar-refractivity contribution in [3.8, 4) is 11.3 Å². The van der Waals surface area contributed by atoms with Gasteiger partial charge in [-0.25, -0.2) is 4.98 Å². The molecule has 0 aliphatic carbocycles. The Hall–Kier alpha value is -5.26. The molecule has 1 atom stereocenters. The minimum absolute atomic E-state index is 0.135. The summed E-state index contributed by atoms with van der Waals surface area (Å²) in [5, 5.41) is 26.5. The molecule has 4 aromatic rings. The van der Waals surface area contributed by atoms with Crippen LogP contribution >= 0.6 is 0 Å². The molecule has 0 saturated heterocycles. The molecule has 2 aromatic heterocycles. The number of nitrogens with one attached hydrogen (secondary N) is 2. The normalized spacial score (nSPS) is 11.6. The van der Waals surface area contributed by atoms with Crippen LogP contribution in [0.4, 0.5) is 11.5 Å². The van der Waals surface area contributed by atoms with Crippen molar-refractivity contribution in [2.45, 2.75) is 26.3 Å². The number of nitrogens with zero attached hydrogens (tertiary/aromatic N) is 3. The highest BCUT2D eigenvalue weighted by Gasteiger charge is 2.24. The van der Waals surface area contributed by atoms with Gasteiger partial charge in [-0.05, 0) is 37.6 Å². The molecule has 0 aliphatic rings. The van der Waals surface area contributed by atoms with Crippen LogP contribution in [0.2, 0.25) is 0 Å². The van der Waals surface area contributed by atoms with Gasteiger partial charge in [0.25, 0.3) is 11.6 Å². The third kappa shape index (κ3) is 6.23. The summed E-state index contributed by atoms with van der Waals surface area (Å²) in [6.45, 7) is 3.73. The molecule has 0 fully saturated rings. The largest absolute Gasteiger partial charge is 0.481 e. The minimum atomic E-state index is -1.19. The van der Waals surface area contributed by atoms with Gasteiger partial charge in [-0.3, -0.25) is 28.9 Å². The molecule has 2 aromatic carbocycles. The van der Waals surface area contributed by atoms with Crippen molar-refractivity contribution in [2.24, 2.45) is 0 Å². The average molecular weight is 546 g/mol. The summed E-state index contributed by atoms with van der Waals surface area (Å²) < 4.78 is 6.66. The molecule has 0 spiro atoms. The van der Waals surface area contributed by atoms with Crippen LogP contribution in [0, 0.1) is 17.0 Å². The summed E-state index contributed by atoms with van der Waals surface area (Å²) in [7, 11) is 0. The summed E-state index contributed by atoms with van der Waals surface area (Å²) in [6, 6.07) is 15.2. The number of ether oxygens (including phenoxy) is 1. The number of non-ortho nitro benzene ring substituents is 1. The molecule has 0 aliphatic heterocycles. The molecule has 12 heteroatoms. The van der Waals surface area contributed by atoms with Crippen molar-refractivity contribution >= 4 is 35.0 Å². The maximum absolute atomic E-state index is 13.5. The third-order valence-corrected chi connectivity index (χ3v) is 6.06. The van der Waals surface area contributed by atoms with Gasteiger partial charge in [0.1, 0.15) is 18.1 Å². The van der Waals surface area contributed by atoms with Crippen LogP contribution in [-0.2, 0) is 14.3 Å². The zero-order valence-electron chi connectivity index (χ0n) is 21.8. The first-order chi connectivity index (χ1) is 19.2. The molecule has 0 bridgehead atoms. The van der Waals surface area contributed by atoms with E-state index in [2.05, 4.69) is 10.6 Å². The van der Waals surface area contributed by atoms with E-state index in [1.165, 1.54) is 30.3 Å². The number of nitro groups is 1. The van der Waals surface area contributed by atoms with Crippen molar-refractivity contribution in [1.82, 2.24) is 14.7 Å². The second-order valence-electron chi connectivity index (χ2n) is 8.93. The second-order valence-corrected chi connectivity index (χ2v) is 8.93. The standard InChI is InChI=1S/C28H27N5O7/c1-3-40-24(36)16-29-27-25(19-9-4-7-17(2)13-19)31-26-21(11-6-12-32(26)27)28(37)30-22(15-23(34)35)18-8-5-10-20(14-18)33(38)39/h4-14,22,29H,3,15-16H2,1-2H3,(H,30,37)(H,34,35). The van der Waals surface area contributed by atoms with E-state index in [1.54, 1.807) is 23.6 Å². The molecule has 0 radical (unpaired) electrons. The number of rotatable bonds is 11. The van der Waals surface area contributed by atoms with Gasteiger partial charge in [-0.15, -0.1) is 0 Å². The van der Waals surface area contributed by atoms with Gasteiger partial charge in [-0.2, -0.15) is 0 Å². The Bertz CT molecular complexity index is 1600. The Kier molecular flexibility index (Phi) is 8.38. The highest BCUT2D eigenvalue weighted by molar-refractivity contribution is 6.01. The predicted molar refractivity (Wildman–Crippen MR) is 146 cm³/mol. The maximum atomic E-state index is 13.5. The van der Waals surface area contributed by atoms with Crippen molar-refractivity contribution in [3.63, 3.8) is 0 Å². The molecule has 12 nitrogen and oxygen atoms in total. The molecule has 40 heavy (non-hydrogen) atoms. The number of amides is 1. The number of aryl methyl sites for hydroxylation is 1. The van der Waals surface area contributed by atoms with Crippen LogP contribution in [0.3, 0.4) is 0 Å². The van der Waals surface area contributed by atoms with Crippen LogP contribution < -0.4 is 10.6 Å². The predicted octanol–water partition coefficient (Wildman–Crippen LogP) is 4.14. The third-order valence-electron chi connectivity index (χ3n) is 6.06. The number of fused-ring (bicyclic) bond motifs is 1. The molecule has 0 saturated carbocycles. The number of nitro benzene ring substituents is 1. The van der Waals surface area contributed by atoms with E-state index in [0.29, 0.717) is 11.5 Å². The van der Waals surface area contributed by atoms with E-state index in [1.807, 2.05) is 31.2 Å². The maximum Gasteiger partial charge on any atom is 0.325 e. The zero-order chi connectivity index (χ0) is 28.8. The number of carbonyl (C=O) groups is 3. The zero-order valence-corrected chi connectivity index (χ0v) is 21.8. The van der Waals surface area contributed by atoms with Gasteiger partial charge in [0.05, 0.1) is 29.6 Å². The molecule has 4 rings (SSSR count). The lowest BCUT2D eigenvalue weighted by molar-refractivity contribution is -0.384. The van der Waals surface area contributed by atoms with Crippen molar-refractivity contribution in [3.05, 3.63) is 93.7 Å². The van der Waals surface area contributed by atoms with Gasteiger partial charge in [-0.1, -0.05) is 35.9 Å². The summed E-state index contributed by atoms with van der Waals surface area (Å²) in [4.78, 5) is 52.6. The van der Waals surface area contributed by atoms with Gasteiger partial charge in [0.15, 0.2) is 5.65 Å².